The van der Waals surface area contributed by atoms with Gasteiger partial charge in [0.1, 0.15) is 11.6 Å². The quantitative estimate of drug-likeness (QED) is 0.468. The minimum Gasteiger partial charge on any atom is -0.323 e. The molecule has 1 aromatic heterocycles. The molecule has 0 aliphatic heterocycles. The van der Waals surface area contributed by atoms with Gasteiger partial charge >= 0.3 is 0 Å². The number of carbonyl (C=O) groups excluding carboxylic acids is 1. The number of hydrogen-bond donors (Lipinski definition) is 1. The molecule has 1 aliphatic rings. The molecule has 4 rings (SSSR count). The fraction of sp³-hybridized carbons (Fsp3) is 0.360. The molecule has 162 valence electrons. The summed E-state index contributed by atoms with van der Waals surface area (Å²) in [7, 11) is 0. The number of carbonyl (C=O) groups is 1. The number of halogens is 3. The van der Waals surface area contributed by atoms with Crippen LogP contribution < -0.4 is 5.32 Å². The van der Waals surface area contributed by atoms with Gasteiger partial charge in [-0.3, -0.25) is 9.78 Å². The average molecular weight is 443 g/mol. The van der Waals surface area contributed by atoms with Crippen molar-refractivity contribution in [3.8, 4) is 0 Å². The lowest BCUT2D eigenvalue weighted by molar-refractivity contribution is -0.123. The summed E-state index contributed by atoms with van der Waals surface area (Å²) in [6.07, 6.45) is 5.29. The predicted molar refractivity (Wildman–Crippen MR) is 120 cm³/mol. The van der Waals surface area contributed by atoms with Gasteiger partial charge in [0.25, 0.3) is 0 Å². The van der Waals surface area contributed by atoms with Gasteiger partial charge in [-0.1, -0.05) is 25.4 Å². The van der Waals surface area contributed by atoms with E-state index >= 15 is 0 Å². The van der Waals surface area contributed by atoms with Crippen LogP contribution in [0.3, 0.4) is 0 Å². The van der Waals surface area contributed by atoms with Crippen LogP contribution in [-0.4, -0.2) is 10.9 Å². The van der Waals surface area contributed by atoms with Crippen LogP contribution in [0.1, 0.15) is 51.0 Å². The highest BCUT2D eigenvalue weighted by Crippen LogP contribution is 2.48. The Hall–Kier alpha value is -2.53. The molecule has 1 amide bonds. The van der Waals surface area contributed by atoms with Crippen molar-refractivity contribution in [2.75, 3.05) is 5.32 Å². The molecule has 2 aromatic carbocycles. The van der Waals surface area contributed by atoms with Gasteiger partial charge in [-0.25, -0.2) is 8.78 Å². The third-order valence-corrected chi connectivity index (χ3v) is 7.17. The maximum Gasteiger partial charge on any atom is 0.227 e. The van der Waals surface area contributed by atoms with Crippen LogP contribution in [0.4, 0.5) is 14.5 Å². The first-order valence-corrected chi connectivity index (χ1v) is 10.9. The van der Waals surface area contributed by atoms with Crippen LogP contribution in [0.2, 0.25) is 5.02 Å². The van der Waals surface area contributed by atoms with E-state index in [0.29, 0.717) is 5.92 Å². The van der Waals surface area contributed by atoms with Crippen LogP contribution in [-0.2, 0) is 4.79 Å². The Morgan fingerprint density at radius 1 is 1.16 bits per heavy atom. The molecule has 31 heavy (non-hydrogen) atoms. The van der Waals surface area contributed by atoms with E-state index in [1.807, 2.05) is 13.0 Å². The molecule has 3 nitrogen and oxygen atoms in total. The van der Waals surface area contributed by atoms with Gasteiger partial charge < -0.3 is 5.32 Å². The standard InChI is InChI=1S/C25H25ClF2N2O/c1-15(24(31)30-23-5-3-17(26)13-21(23)28)25(2)10-7-16(8-11-25)19-9-12-29-22-6-4-18(27)14-20(19)22/h3-6,9,12-16H,7-8,10-11H2,1-2H3,(H,30,31)/t15-,16-,25+/m1/s1. The lowest BCUT2D eigenvalue weighted by Gasteiger charge is -2.41. The second-order valence-electron chi connectivity index (χ2n) is 8.83. The highest BCUT2D eigenvalue weighted by Gasteiger charge is 2.39. The second-order valence-corrected chi connectivity index (χ2v) is 9.26. The van der Waals surface area contributed by atoms with E-state index in [1.165, 1.54) is 18.2 Å². The number of fused-ring (bicyclic) bond motifs is 1. The van der Waals surface area contributed by atoms with E-state index in [0.717, 1.165) is 42.1 Å². The molecule has 0 spiro atoms. The van der Waals surface area contributed by atoms with Gasteiger partial charge in [-0.15, -0.1) is 0 Å². The Kier molecular flexibility index (Phi) is 5.98. The average Bonchev–Trinajstić information content (AvgIpc) is 2.75. The molecular formula is C25H25ClF2N2O. The zero-order valence-corrected chi connectivity index (χ0v) is 18.3. The largest absolute Gasteiger partial charge is 0.323 e. The number of nitrogens with one attached hydrogen (secondary N) is 1. The summed E-state index contributed by atoms with van der Waals surface area (Å²) >= 11 is 5.79. The predicted octanol–water partition coefficient (Wildman–Crippen LogP) is 7.11. The lowest BCUT2D eigenvalue weighted by atomic mass is 9.64. The summed E-state index contributed by atoms with van der Waals surface area (Å²) in [5.41, 5.74) is 1.86. The molecule has 1 saturated carbocycles. The molecule has 1 heterocycles. The molecule has 3 aromatic rings. The van der Waals surface area contributed by atoms with Crippen LogP contribution in [0.15, 0.2) is 48.7 Å². The number of amides is 1. The summed E-state index contributed by atoms with van der Waals surface area (Å²) in [6.45, 7) is 4.02. The van der Waals surface area contributed by atoms with Crippen molar-refractivity contribution < 1.29 is 13.6 Å². The molecule has 1 fully saturated rings. The highest BCUT2D eigenvalue weighted by molar-refractivity contribution is 6.30. The Labute approximate surface area is 185 Å². The molecule has 1 atom stereocenters. The van der Waals surface area contributed by atoms with E-state index in [9.17, 15) is 13.6 Å². The zero-order chi connectivity index (χ0) is 22.2. The maximum atomic E-state index is 14.1. The van der Waals surface area contributed by atoms with Crippen molar-refractivity contribution in [2.24, 2.45) is 11.3 Å². The van der Waals surface area contributed by atoms with E-state index in [4.69, 9.17) is 11.6 Å². The topological polar surface area (TPSA) is 42.0 Å². The molecule has 0 radical (unpaired) electrons. The first-order valence-electron chi connectivity index (χ1n) is 10.6. The summed E-state index contributed by atoms with van der Waals surface area (Å²) in [6, 6.07) is 10.9. The third-order valence-electron chi connectivity index (χ3n) is 6.93. The number of rotatable bonds is 4. The van der Waals surface area contributed by atoms with Crippen molar-refractivity contribution in [1.29, 1.82) is 0 Å². The van der Waals surface area contributed by atoms with Crippen molar-refractivity contribution in [1.82, 2.24) is 4.98 Å². The van der Waals surface area contributed by atoms with Crippen LogP contribution in [0, 0.1) is 23.0 Å². The van der Waals surface area contributed by atoms with Gasteiger partial charge in [-0.05, 0) is 85.0 Å². The van der Waals surface area contributed by atoms with Crippen molar-refractivity contribution >= 4 is 34.1 Å². The van der Waals surface area contributed by atoms with E-state index in [-0.39, 0.29) is 33.8 Å². The van der Waals surface area contributed by atoms with Crippen LogP contribution in [0.25, 0.3) is 10.9 Å². The van der Waals surface area contributed by atoms with Crippen molar-refractivity contribution in [3.05, 3.63) is 70.9 Å². The molecule has 0 saturated heterocycles. The molecular weight excluding hydrogens is 418 g/mol. The monoisotopic (exact) mass is 442 g/mol. The Bertz CT molecular complexity index is 1130. The fourth-order valence-electron chi connectivity index (χ4n) is 4.67. The second kappa shape index (κ2) is 8.54. The lowest BCUT2D eigenvalue weighted by Crippen LogP contribution is -2.37. The van der Waals surface area contributed by atoms with Gasteiger partial charge in [-0.2, -0.15) is 0 Å². The molecule has 6 heteroatoms. The molecule has 0 bridgehead atoms. The summed E-state index contributed by atoms with van der Waals surface area (Å²) in [5, 5.41) is 3.86. The van der Waals surface area contributed by atoms with Crippen molar-refractivity contribution in [3.63, 3.8) is 0 Å². The van der Waals surface area contributed by atoms with Crippen molar-refractivity contribution in [2.45, 2.75) is 45.4 Å². The Morgan fingerprint density at radius 3 is 2.61 bits per heavy atom. The van der Waals surface area contributed by atoms with Gasteiger partial charge in [0, 0.05) is 22.5 Å². The van der Waals surface area contributed by atoms with Gasteiger partial charge in [0.2, 0.25) is 5.91 Å². The van der Waals surface area contributed by atoms with Gasteiger partial charge in [0.05, 0.1) is 11.2 Å². The first-order chi connectivity index (χ1) is 14.8. The van der Waals surface area contributed by atoms with E-state index < -0.39 is 5.82 Å². The SMILES string of the molecule is C[C@H](C(=O)Nc1ccc(Cl)cc1F)[C@]1(C)CC[C@H](c2ccnc3ccc(F)cc32)CC1. The summed E-state index contributed by atoms with van der Waals surface area (Å²) < 4.78 is 27.9. The highest BCUT2D eigenvalue weighted by atomic mass is 35.5. The number of aromatic nitrogens is 1. The van der Waals surface area contributed by atoms with E-state index in [1.54, 1.807) is 24.4 Å². The maximum absolute atomic E-state index is 14.1. The van der Waals surface area contributed by atoms with Gasteiger partial charge in [0.15, 0.2) is 0 Å². The number of hydrogen-bond acceptors (Lipinski definition) is 2. The molecule has 0 unspecified atom stereocenters. The minimum atomic E-state index is -0.543. The number of benzene rings is 2. The normalized spacial score (nSPS) is 22.3. The zero-order valence-electron chi connectivity index (χ0n) is 17.6. The first kappa shape index (κ1) is 21.7. The Balaban J connectivity index is 1.47. The molecule has 1 aliphatic carbocycles. The minimum absolute atomic E-state index is 0.142. The summed E-state index contributed by atoms with van der Waals surface area (Å²) in [4.78, 5) is 17.2. The number of pyridine rings is 1. The smallest absolute Gasteiger partial charge is 0.227 e. The fourth-order valence-corrected chi connectivity index (χ4v) is 4.82. The molecule has 1 N–H and O–H groups in total. The number of nitrogens with zero attached hydrogens (tertiary/aromatic N) is 1. The Morgan fingerprint density at radius 2 is 1.90 bits per heavy atom. The van der Waals surface area contributed by atoms with E-state index in [2.05, 4.69) is 17.2 Å². The number of anilines is 1. The summed E-state index contributed by atoms with van der Waals surface area (Å²) in [5.74, 6) is -0.987. The third kappa shape index (κ3) is 4.42. The van der Waals surface area contributed by atoms with Crippen LogP contribution in [0.5, 0.6) is 0 Å². The van der Waals surface area contributed by atoms with Crippen LogP contribution >= 0.6 is 11.6 Å².